The minimum absolute atomic E-state index is 0.0348. The fourth-order valence-electron chi connectivity index (χ4n) is 1.97. The molecule has 6 heteroatoms. The van der Waals surface area contributed by atoms with Gasteiger partial charge in [0.05, 0.1) is 11.6 Å². The van der Waals surface area contributed by atoms with Crippen molar-refractivity contribution < 1.29 is 28.0 Å². The van der Waals surface area contributed by atoms with Gasteiger partial charge in [0.1, 0.15) is 7.05 Å². The molecular weight excluding hydrogens is 301 g/mol. The summed E-state index contributed by atoms with van der Waals surface area (Å²) in [6, 6.07) is 7.72. The van der Waals surface area contributed by atoms with Crippen molar-refractivity contribution in [2.45, 2.75) is 19.8 Å². The number of carbonyl (C=O) groups excluding carboxylic acids is 2. The Kier molecular flexibility index (Phi) is 5.05. The maximum Gasteiger partial charge on any atom is 0.523 e. The first-order valence-electron chi connectivity index (χ1n) is 7.05. The number of pyridine rings is 1. The van der Waals surface area contributed by atoms with Crippen molar-refractivity contribution in [3.8, 4) is 11.6 Å². The Morgan fingerprint density at radius 1 is 1.26 bits per heavy atom. The van der Waals surface area contributed by atoms with Crippen LogP contribution >= 0.6 is 0 Å². The van der Waals surface area contributed by atoms with Gasteiger partial charge in [-0.15, -0.1) is 0 Å². The molecule has 1 heterocycles. The van der Waals surface area contributed by atoms with Gasteiger partial charge in [-0.2, -0.15) is 4.57 Å². The quantitative estimate of drug-likeness (QED) is 0.376. The van der Waals surface area contributed by atoms with E-state index in [1.54, 1.807) is 36.0 Å². The molecule has 0 aliphatic rings. The second-order valence-corrected chi connectivity index (χ2v) is 5.30. The van der Waals surface area contributed by atoms with Crippen molar-refractivity contribution in [1.29, 1.82) is 0 Å². The van der Waals surface area contributed by atoms with E-state index in [1.807, 2.05) is 13.8 Å². The van der Waals surface area contributed by atoms with Crippen LogP contribution in [0.15, 0.2) is 36.5 Å². The van der Waals surface area contributed by atoms with Gasteiger partial charge in [0.2, 0.25) is 0 Å². The highest BCUT2D eigenvalue weighted by molar-refractivity contribution is 5.82. The van der Waals surface area contributed by atoms with Crippen LogP contribution in [-0.2, 0) is 7.05 Å². The second-order valence-electron chi connectivity index (χ2n) is 5.30. The van der Waals surface area contributed by atoms with Gasteiger partial charge in [0.25, 0.3) is 0 Å². The van der Waals surface area contributed by atoms with Gasteiger partial charge in [0, 0.05) is 6.07 Å². The third-order valence-corrected chi connectivity index (χ3v) is 3.27. The molecule has 0 unspecified atom stereocenters. The minimum atomic E-state index is -1.12. The normalized spacial score (nSPS) is 10.5. The number of aryl methyl sites for hydroxylation is 1. The molecule has 2 aromatic rings. The summed E-state index contributed by atoms with van der Waals surface area (Å²) in [6.07, 6.45) is 1.00. The molecule has 0 radical (unpaired) electrons. The standard InChI is InChI=1S/C17H17FNO4/c1-11(2)12-8-13(10-20)16(14(18)9-12)23-17(21)22-15-6-4-5-7-19(15)3/h4-11H,1-3H3/q+1. The highest BCUT2D eigenvalue weighted by Gasteiger charge is 2.20. The molecule has 0 amide bonds. The number of hydrogen-bond donors (Lipinski definition) is 0. The van der Waals surface area contributed by atoms with E-state index >= 15 is 0 Å². The van der Waals surface area contributed by atoms with Gasteiger partial charge >= 0.3 is 12.0 Å². The van der Waals surface area contributed by atoms with Crippen LogP contribution in [0.1, 0.15) is 35.7 Å². The summed E-state index contributed by atoms with van der Waals surface area (Å²) in [4.78, 5) is 23.0. The first-order chi connectivity index (χ1) is 10.9. The molecule has 1 aromatic heterocycles. The van der Waals surface area contributed by atoms with Crippen LogP contribution < -0.4 is 14.0 Å². The van der Waals surface area contributed by atoms with Crippen LogP contribution in [0.5, 0.6) is 11.6 Å². The fraction of sp³-hybridized carbons (Fsp3) is 0.235. The number of halogens is 1. The smallest absolute Gasteiger partial charge is 0.391 e. The zero-order chi connectivity index (χ0) is 17.0. The molecule has 0 bridgehead atoms. The van der Waals surface area contributed by atoms with Crippen LogP contribution in [0.4, 0.5) is 9.18 Å². The monoisotopic (exact) mass is 318 g/mol. The summed E-state index contributed by atoms with van der Waals surface area (Å²) in [5, 5.41) is 0. The summed E-state index contributed by atoms with van der Waals surface area (Å²) in [6.45, 7) is 3.74. The molecule has 2 rings (SSSR count). The van der Waals surface area contributed by atoms with E-state index in [-0.39, 0.29) is 17.4 Å². The molecule has 23 heavy (non-hydrogen) atoms. The van der Waals surface area contributed by atoms with Crippen molar-refractivity contribution in [3.05, 3.63) is 53.5 Å². The molecule has 0 aliphatic carbocycles. The minimum Gasteiger partial charge on any atom is -0.391 e. The molecule has 0 atom stereocenters. The van der Waals surface area contributed by atoms with Gasteiger partial charge in [-0.1, -0.05) is 13.8 Å². The number of hydrogen-bond acceptors (Lipinski definition) is 4. The Morgan fingerprint density at radius 3 is 2.61 bits per heavy atom. The van der Waals surface area contributed by atoms with Gasteiger partial charge < -0.3 is 9.47 Å². The van der Waals surface area contributed by atoms with Crippen LogP contribution in [0.2, 0.25) is 0 Å². The van der Waals surface area contributed by atoms with Crippen molar-refractivity contribution in [1.82, 2.24) is 0 Å². The maximum absolute atomic E-state index is 14.1. The lowest BCUT2D eigenvalue weighted by molar-refractivity contribution is -0.675. The van der Waals surface area contributed by atoms with Gasteiger partial charge in [0.15, 0.2) is 24.0 Å². The van der Waals surface area contributed by atoms with E-state index in [1.165, 1.54) is 12.1 Å². The van der Waals surface area contributed by atoms with Gasteiger partial charge in [-0.3, -0.25) is 4.79 Å². The Balaban J connectivity index is 2.24. The predicted molar refractivity (Wildman–Crippen MR) is 80.1 cm³/mol. The second kappa shape index (κ2) is 7.00. The van der Waals surface area contributed by atoms with E-state index in [0.29, 0.717) is 11.8 Å². The summed E-state index contributed by atoms with van der Waals surface area (Å²) in [7, 11) is 1.68. The first-order valence-corrected chi connectivity index (χ1v) is 7.05. The number of rotatable bonds is 4. The third-order valence-electron chi connectivity index (χ3n) is 3.27. The highest BCUT2D eigenvalue weighted by atomic mass is 19.1. The number of carbonyl (C=O) groups is 2. The zero-order valence-corrected chi connectivity index (χ0v) is 13.1. The molecule has 5 nitrogen and oxygen atoms in total. The lowest BCUT2D eigenvalue weighted by atomic mass is 10.0. The number of nitrogens with zero attached hydrogens (tertiary/aromatic N) is 1. The Labute approximate surface area is 133 Å². The third kappa shape index (κ3) is 3.91. The van der Waals surface area contributed by atoms with Crippen LogP contribution in [0.25, 0.3) is 0 Å². The average Bonchev–Trinajstić information content (AvgIpc) is 2.51. The molecule has 120 valence electrons. The lowest BCUT2D eigenvalue weighted by Crippen LogP contribution is -2.32. The Bertz CT molecular complexity index is 743. The van der Waals surface area contributed by atoms with Gasteiger partial charge in [-0.25, -0.2) is 9.18 Å². The molecule has 0 N–H and O–H groups in total. The number of aromatic nitrogens is 1. The molecule has 0 saturated carbocycles. The zero-order valence-electron chi connectivity index (χ0n) is 13.1. The largest absolute Gasteiger partial charge is 0.523 e. The average molecular weight is 318 g/mol. The predicted octanol–water partition coefficient (Wildman–Crippen LogP) is 3.16. The van der Waals surface area contributed by atoms with Gasteiger partial charge in [-0.05, 0) is 29.7 Å². The van der Waals surface area contributed by atoms with E-state index in [4.69, 9.17) is 9.47 Å². The van der Waals surface area contributed by atoms with Crippen molar-refractivity contribution in [3.63, 3.8) is 0 Å². The molecule has 0 fully saturated rings. The van der Waals surface area contributed by atoms with E-state index < -0.39 is 17.7 Å². The number of ether oxygens (including phenoxy) is 2. The fourth-order valence-corrected chi connectivity index (χ4v) is 1.97. The van der Waals surface area contributed by atoms with E-state index in [0.717, 1.165) is 0 Å². The summed E-state index contributed by atoms with van der Waals surface area (Å²) in [5.74, 6) is -0.961. The maximum atomic E-state index is 14.1. The van der Waals surface area contributed by atoms with Crippen LogP contribution in [0, 0.1) is 5.82 Å². The van der Waals surface area contributed by atoms with Crippen molar-refractivity contribution in [2.24, 2.45) is 7.05 Å². The lowest BCUT2D eigenvalue weighted by Gasteiger charge is -2.11. The Morgan fingerprint density at radius 2 is 2.00 bits per heavy atom. The summed E-state index contributed by atoms with van der Waals surface area (Å²) in [5.41, 5.74) is 0.600. The molecule has 0 aliphatic heterocycles. The van der Waals surface area contributed by atoms with E-state index in [2.05, 4.69) is 0 Å². The molecule has 1 aromatic carbocycles. The number of benzene rings is 1. The SMILES string of the molecule is CC(C)c1cc(F)c(OC(=O)Oc2cccc[n+]2C)c(C=O)c1. The molecular formula is C17H17FNO4+. The van der Waals surface area contributed by atoms with E-state index in [9.17, 15) is 14.0 Å². The van der Waals surface area contributed by atoms with Crippen molar-refractivity contribution in [2.75, 3.05) is 0 Å². The summed E-state index contributed by atoms with van der Waals surface area (Å²) >= 11 is 0. The topological polar surface area (TPSA) is 56.5 Å². The summed E-state index contributed by atoms with van der Waals surface area (Å²) < 4.78 is 25.6. The number of aldehydes is 1. The van der Waals surface area contributed by atoms with Crippen LogP contribution in [0.3, 0.4) is 0 Å². The first kappa shape index (κ1) is 16.6. The van der Waals surface area contributed by atoms with Crippen molar-refractivity contribution >= 4 is 12.4 Å². The Hall–Kier alpha value is -2.76. The molecule has 0 saturated heterocycles. The van der Waals surface area contributed by atoms with Crippen LogP contribution in [-0.4, -0.2) is 12.4 Å². The highest BCUT2D eigenvalue weighted by Crippen LogP contribution is 2.27. The molecule has 0 spiro atoms.